The highest BCUT2D eigenvalue weighted by Crippen LogP contribution is 2.29. The van der Waals surface area contributed by atoms with E-state index in [1.54, 1.807) is 12.1 Å². The normalized spacial score (nSPS) is 27.5. The summed E-state index contributed by atoms with van der Waals surface area (Å²) in [7, 11) is 0. The second-order valence-electron chi connectivity index (χ2n) is 6.29. The fourth-order valence-corrected chi connectivity index (χ4v) is 3.48. The van der Waals surface area contributed by atoms with E-state index in [2.05, 4.69) is 0 Å². The molecule has 5 heteroatoms. The molecule has 3 rings (SSSR count). The fourth-order valence-electron chi connectivity index (χ4n) is 3.48. The third kappa shape index (κ3) is 3.49. The summed E-state index contributed by atoms with van der Waals surface area (Å²) in [5.41, 5.74) is 1.78. The molecular formula is C19H22FNO3. The van der Waals surface area contributed by atoms with Crippen LogP contribution in [-0.4, -0.2) is 51.1 Å². The molecule has 0 bridgehead atoms. The van der Waals surface area contributed by atoms with Crippen LogP contribution >= 0.6 is 0 Å². The van der Waals surface area contributed by atoms with Crippen molar-refractivity contribution in [3.8, 4) is 0 Å². The monoisotopic (exact) mass is 331 g/mol. The first-order valence-electron chi connectivity index (χ1n) is 8.11. The molecule has 2 aromatic rings. The van der Waals surface area contributed by atoms with E-state index < -0.39 is 18.2 Å². The number of nitrogens with zero attached hydrogens (tertiary/aromatic N) is 1. The van der Waals surface area contributed by atoms with Crippen LogP contribution in [0, 0.1) is 5.82 Å². The number of rotatable bonds is 5. The van der Waals surface area contributed by atoms with Gasteiger partial charge in [0.05, 0.1) is 24.9 Å². The van der Waals surface area contributed by atoms with E-state index in [1.807, 2.05) is 35.2 Å². The van der Waals surface area contributed by atoms with Crippen molar-refractivity contribution in [1.29, 1.82) is 0 Å². The third-order valence-corrected chi connectivity index (χ3v) is 4.72. The molecule has 24 heavy (non-hydrogen) atoms. The van der Waals surface area contributed by atoms with Gasteiger partial charge in [-0.05, 0) is 29.7 Å². The number of hydrogen-bond acceptors (Lipinski definition) is 4. The van der Waals surface area contributed by atoms with Crippen molar-refractivity contribution in [2.24, 2.45) is 0 Å². The summed E-state index contributed by atoms with van der Waals surface area (Å²) in [5, 5.41) is 30.4. The molecule has 0 radical (unpaired) electrons. The molecule has 0 spiro atoms. The van der Waals surface area contributed by atoms with Gasteiger partial charge in [0.1, 0.15) is 5.82 Å². The van der Waals surface area contributed by atoms with Crippen LogP contribution in [0.1, 0.15) is 11.1 Å². The lowest BCUT2D eigenvalue weighted by atomic mass is 10.0. The Kier molecular flexibility index (Phi) is 5.26. The van der Waals surface area contributed by atoms with Crippen molar-refractivity contribution in [2.45, 2.75) is 37.3 Å². The van der Waals surface area contributed by atoms with Gasteiger partial charge in [-0.1, -0.05) is 42.5 Å². The van der Waals surface area contributed by atoms with E-state index in [1.165, 1.54) is 12.1 Å². The Morgan fingerprint density at radius 1 is 0.875 bits per heavy atom. The molecule has 1 aliphatic rings. The third-order valence-electron chi connectivity index (χ3n) is 4.72. The lowest BCUT2D eigenvalue weighted by Gasteiger charge is -2.30. The largest absolute Gasteiger partial charge is 0.395 e. The van der Waals surface area contributed by atoms with E-state index in [4.69, 9.17) is 0 Å². The summed E-state index contributed by atoms with van der Waals surface area (Å²) in [6, 6.07) is 15.0. The molecule has 0 saturated carbocycles. The zero-order valence-corrected chi connectivity index (χ0v) is 13.3. The molecule has 4 nitrogen and oxygen atoms in total. The molecule has 1 fully saturated rings. The SMILES string of the molecule is OC[C@@H]1[C@@H](O)[C@@H](O)[C@H](Cc2ccccc2)N1Cc1cccc(F)c1. The van der Waals surface area contributed by atoms with Crippen molar-refractivity contribution in [3.05, 3.63) is 71.5 Å². The molecule has 0 aliphatic carbocycles. The van der Waals surface area contributed by atoms with Gasteiger partial charge < -0.3 is 15.3 Å². The molecule has 0 unspecified atom stereocenters. The minimum atomic E-state index is -1.03. The van der Waals surface area contributed by atoms with Crippen LogP contribution in [0.3, 0.4) is 0 Å². The van der Waals surface area contributed by atoms with Gasteiger partial charge in [0, 0.05) is 12.6 Å². The molecule has 4 atom stereocenters. The molecule has 1 saturated heterocycles. The van der Waals surface area contributed by atoms with Crippen LogP contribution in [0.4, 0.5) is 4.39 Å². The number of likely N-dealkylation sites (tertiary alicyclic amines) is 1. The van der Waals surface area contributed by atoms with Crippen LogP contribution in [0.2, 0.25) is 0 Å². The average Bonchev–Trinajstić information content (AvgIpc) is 2.80. The van der Waals surface area contributed by atoms with Crippen molar-refractivity contribution >= 4 is 0 Å². The fraction of sp³-hybridized carbons (Fsp3) is 0.368. The van der Waals surface area contributed by atoms with Gasteiger partial charge in [-0.3, -0.25) is 4.90 Å². The van der Waals surface area contributed by atoms with E-state index in [-0.39, 0.29) is 18.5 Å². The Morgan fingerprint density at radius 2 is 1.54 bits per heavy atom. The van der Waals surface area contributed by atoms with Crippen LogP contribution < -0.4 is 0 Å². The Balaban J connectivity index is 1.85. The van der Waals surface area contributed by atoms with E-state index in [0.29, 0.717) is 13.0 Å². The van der Waals surface area contributed by atoms with Gasteiger partial charge in [0.15, 0.2) is 0 Å². The van der Waals surface area contributed by atoms with Gasteiger partial charge in [-0.15, -0.1) is 0 Å². The Hall–Kier alpha value is -1.79. The highest BCUT2D eigenvalue weighted by atomic mass is 19.1. The summed E-state index contributed by atoms with van der Waals surface area (Å²) in [5.74, 6) is -0.326. The summed E-state index contributed by atoms with van der Waals surface area (Å²) in [6.07, 6.45) is -1.45. The smallest absolute Gasteiger partial charge is 0.123 e. The number of halogens is 1. The molecule has 0 aromatic heterocycles. The summed E-state index contributed by atoms with van der Waals surface area (Å²) < 4.78 is 13.5. The summed E-state index contributed by atoms with van der Waals surface area (Å²) in [6.45, 7) is 0.0907. The quantitative estimate of drug-likeness (QED) is 0.774. The van der Waals surface area contributed by atoms with Gasteiger partial charge >= 0.3 is 0 Å². The minimum Gasteiger partial charge on any atom is -0.395 e. The molecule has 3 N–H and O–H groups in total. The van der Waals surface area contributed by atoms with Gasteiger partial charge in [-0.2, -0.15) is 0 Å². The van der Waals surface area contributed by atoms with Crippen molar-refractivity contribution in [1.82, 2.24) is 4.90 Å². The number of aliphatic hydroxyl groups is 3. The Labute approximate surface area is 140 Å². The van der Waals surface area contributed by atoms with Crippen LogP contribution in [0.15, 0.2) is 54.6 Å². The second-order valence-corrected chi connectivity index (χ2v) is 6.29. The minimum absolute atomic E-state index is 0.265. The van der Waals surface area contributed by atoms with Crippen LogP contribution in [0.5, 0.6) is 0 Å². The van der Waals surface area contributed by atoms with Crippen molar-refractivity contribution < 1.29 is 19.7 Å². The summed E-state index contributed by atoms with van der Waals surface area (Å²) >= 11 is 0. The molecule has 128 valence electrons. The van der Waals surface area contributed by atoms with Crippen molar-refractivity contribution in [2.75, 3.05) is 6.61 Å². The first-order chi connectivity index (χ1) is 11.6. The summed E-state index contributed by atoms with van der Waals surface area (Å²) in [4.78, 5) is 1.87. The number of aliphatic hydroxyl groups excluding tert-OH is 3. The first-order valence-corrected chi connectivity index (χ1v) is 8.11. The maximum Gasteiger partial charge on any atom is 0.123 e. The maximum absolute atomic E-state index is 13.5. The van der Waals surface area contributed by atoms with Crippen molar-refractivity contribution in [3.63, 3.8) is 0 Å². The molecule has 1 aliphatic heterocycles. The molecule has 1 heterocycles. The molecular weight excluding hydrogens is 309 g/mol. The van der Waals surface area contributed by atoms with Crippen LogP contribution in [-0.2, 0) is 13.0 Å². The van der Waals surface area contributed by atoms with Gasteiger partial charge in [0.2, 0.25) is 0 Å². The Bertz CT molecular complexity index is 667. The predicted octanol–water partition coefficient (Wildman–Crippen LogP) is 1.34. The Morgan fingerprint density at radius 3 is 2.21 bits per heavy atom. The lowest BCUT2D eigenvalue weighted by Crippen LogP contribution is -2.41. The highest BCUT2D eigenvalue weighted by Gasteiger charge is 2.46. The second kappa shape index (κ2) is 7.40. The molecule has 2 aromatic carbocycles. The first kappa shape index (κ1) is 17.0. The van der Waals surface area contributed by atoms with Crippen LogP contribution in [0.25, 0.3) is 0 Å². The van der Waals surface area contributed by atoms with E-state index in [0.717, 1.165) is 11.1 Å². The maximum atomic E-state index is 13.5. The predicted molar refractivity (Wildman–Crippen MR) is 88.8 cm³/mol. The number of hydrogen-bond donors (Lipinski definition) is 3. The highest BCUT2D eigenvalue weighted by molar-refractivity contribution is 5.20. The standard InChI is InChI=1S/C19H22FNO3/c20-15-8-4-7-14(9-15)11-21-16(10-13-5-2-1-3-6-13)18(23)19(24)17(21)12-22/h1-9,16-19,22-24H,10-12H2/t16-,17+,18-,19+/m0/s1. The zero-order valence-electron chi connectivity index (χ0n) is 13.3. The topological polar surface area (TPSA) is 63.9 Å². The van der Waals surface area contributed by atoms with E-state index >= 15 is 0 Å². The molecule has 0 amide bonds. The van der Waals surface area contributed by atoms with Gasteiger partial charge in [0.25, 0.3) is 0 Å². The zero-order chi connectivity index (χ0) is 17.1. The number of benzene rings is 2. The average molecular weight is 331 g/mol. The van der Waals surface area contributed by atoms with E-state index in [9.17, 15) is 19.7 Å². The lowest BCUT2D eigenvalue weighted by molar-refractivity contribution is 0.0178. The van der Waals surface area contributed by atoms with Gasteiger partial charge in [-0.25, -0.2) is 4.39 Å².